The van der Waals surface area contributed by atoms with Gasteiger partial charge in [-0.3, -0.25) is 0 Å². The van der Waals surface area contributed by atoms with Crippen molar-refractivity contribution in [2.75, 3.05) is 6.61 Å². The number of hydrogen-bond acceptors (Lipinski definition) is 3. The van der Waals surface area contributed by atoms with Gasteiger partial charge in [0.15, 0.2) is 0 Å². The van der Waals surface area contributed by atoms with Crippen molar-refractivity contribution in [3.05, 3.63) is 29.8 Å². The molecule has 1 aromatic carbocycles. The minimum absolute atomic E-state index is 0.0746. The summed E-state index contributed by atoms with van der Waals surface area (Å²) >= 11 is 0. The smallest absolute Gasteiger partial charge is 0.315 e. The average Bonchev–Trinajstić information content (AvgIpc) is 2.99. The second-order valence-corrected chi connectivity index (χ2v) is 5.54. The molecule has 2 rings (SSSR count). The Balaban J connectivity index is 1.88. The first-order valence-corrected chi connectivity index (χ1v) is 7.59. The van der Waals surface area contributed by atoms with E-state index in [-0.39, 0.29) is 18.7 Å². The Kier molecular flexibility index (Phi) is 5.87. The van der Waals surface area contributed by atoms with E-state index in [4.69, 9.17) is 9.84 Å². The summed E-state index contributed by atoms with van der Waals surface area (Å²) in [5.41, 5.74) is 0.969. The van der Waals surface area contributed by atoms with Gasteiger partial charge in [-0.15, -0.1) is 0 Å². The van der Waals surface area contributed by atoms with Crippen LogP contribution < -0.4 is 15.4 Å². The molecule has 5 nitrogen and oxygen atoms in total. The number of para-hydroxylation sites is 1. The molecule has 0 aliphatic heterocycles. The van der Waals surface area contributed by atoms with Crippen molar-refractivity contribution in [3.63, 3.8) is 0 Å². The molecule has 1 aliphatic rings. The molecule has 116 valence electrons. The summed E-state index contributed by atoms with van der Waals surface area (Å²) in [6.07, 6.45) is 4.97. The van der Waals surface area contributed by atoms with Gasteiger partial charge in [-0.25, -0.2) is 4.79 Å². The van der Waals surface area contributed by atoms with E-state index >= 15 is 0 Å². The third-order valence-corrected chi connectivity index (χ3v) is 3.66. The van der Waals surface area contributed by atoms with Crippen LogP contribution in [0, 0.1) is 0 Å². The zero-order valence-corrected chi connectivity index (χ0v) is 12.5. The van der Waals surface area contributed by atoms with Crippen LogP contribution in [0.15, 0.2) is 24.3 Å². The van der Waals surface area contributed by atoms with Crippen LogP contribution in [0.5, 0.6) is 5.75 Å². The number of ether oxygens (including phenoxy) is 1. The first-order valence-electron chi connectivity index (χ1n) is 7.59. The molecule has 1 saturated carbocycles. The van der Waals surface area contributed by atoms with Crippen molar-refractivity contribution in [1.82, 2.24) is 10.6 Å². The summed E-state index contributed by atoms with van der Waals surface area (Å²) in [7, 11) is 0. The molecule has 1 aromatic rings. The number of rotatable bonds is 6. The van der Waals surface area contributed by atoms with E-state index in [0.29, 0.717) is 12.6 Å². The number of hydrogen-bond donors (Lipinski definition) is 3. The number of nitrogens with one attached hydrogen (secondary N) is 2. The largest absolute Gasteiger partial charge is 0.490 e. The van der Waals surface area contributed by atoms with Gasteiger partial charge in [0.05, 0.1) is 18.8 Å². The predicted molar refractivity (Wildman–Crippen MR) is 81.2 cm³/mol. The van der Waals surface area contributed by atoms with Crippen molar-refractivity contribution >= 4 is 6.03 Å². The summed E-state index contributed by atoms with van der Waals surface area (Å²) in [6.45, 7) is 2.08. The van der Waals surface area contributed by atoms with Gasteiger partial charge in [0.2, 0.25) is 0 Å². The molecule has 1 fully saturated rings. The molecule has 0 spiro atoms. The molecule has 0 bridgehead atoms. The quantitative estimate of drug-likeness (QED) is 0.752. The van der Waals surface area contributed by atoms with Gasteiger partial charge in [0, 0.05) is 12.1 Å². The zero-order chi connectivity index (χ0) is 15.1. The average molecular weight is 292 g/mol. The Hall–Kier alpha value is -1.75. The monoisotopic (exact) mass is 292 g/mol. The second kappa shape index (κ2) is 7.88. The van der Waals surface area contributed by atoms with E-state index in [1.54, 1.807) is 6.92 Å². The molecule has 1 aliphatic carbocycles. The molecular weight excluding hydrogens is 268 g/mol. The lowest BCUT2D eigenvalue weighted by molar-refractivity contribution is 0.206. The van der Waals surface area contributed by atoms with Crippen LogP contribution in [0.4, 0.5) is 4.79 Å². The Morgan fingerprint density at radius 1 is 1.38 bits per heavy atom. The van der Waals surface area contributed by atoms with Crippen molar-refractivity contribution < 1.29 is 14.6 Å². The number of aliphatic hydroxyl groups is 1. The lowest BCUT2D eigenvalue weighted by atomic mass is 10.2. The molecule has 1 unspecified atom stereocenters. The number of aliphatic hydroxyl groups excluding tert-OH is 1. The van der Waals surface area contributed by atoms with Crippen LogP contribution >= 0.6 is 0 Å². The van der Waals surface area contributed by atoms with Crippen LogP contribution in [-0.4, -0.2) is 29.9 Å². The maximum absolute atomic E-state index is 11.7. The van der Waals surface area contributed by atoms with Crippen molar-refractivity contribution in [1.29, 1.82) is 0 Å². The van der Waals surface area contributed by atoms with E-state index in [2.05, 4.69) is 10.6 Å². The summed E-state index contributed by atoms with van der Waals surface area (Å²) in [5, 5.41) is 14.3. The second-order valence-electron chi connectivity index (χ2n) is 5.54. The highest BCUT2D eigenvalue weighted by Crippen LogP contribution is 2.26. The maximum atomic E-state index is 11.7. The first kappa shape index (κ1) is 15.6. The van der Waals surface area contributed by atoms with Gasteiger partial charge < -0.3 is 20.5 Å². The Morgan fingerprint density at radius 3 is 2.81 bits per heavy atom. The fraction of sp³-hybridized carbons (Fsp3) is 0.562. The van der Waals surface area contributed by atoms with Crippen molar-refractivity contribution in [2.45, 2.75) is 51.3 Å². The fourth-order valence-electron chi connectivity index (χ4n) is 2.45. The van der Waals surface area contributed by atoms with Gasteiger partial charge in [-0.2, -0.15) is 0 Å². The van der Waals surface area contributed by atoms with Crippen LogP contribution in [0.25, 0.3) is 0 Å². The highest BCUT2D eigenvalue weighted by atomic mass is 16.5. The molecule has 3 N–H and O–H groups in total. The normalized spacial score (nSPS) is 16.5. The molecule has 5 heteroatoms. The maximum Gasteiger partial charge on any atom is 0.315 e. The lowest BCUT2D eigenvalue weighted by Gasteiger charge is -2.17. The van der Waals surface area contributed by atoms with Crippen LogP contribution in [0.1, 0.15) is 38.2 Å². The van der Waals surface area contributed by atoms with Crippen molar-refractivity contribution in [3.8, 4) is 5.75 Å². The minimum Gasteiger partial charge on any atom is -0.490 e. The van der Waals surface area contributed by atoms with Crippen LogP contribution in [0.2, 0.25) is 0 Å². The number of urea groups is 1. The highest BCUT2D eigenvalue weighted by Gasteiger charge is 2.17. The lowest BCUT2D eigenvalue weighted by Crippen LogP contribution is -2.42. The van der Waals surface area contributed by atoms with Gasteiger partial charge in [0.1, 0.15) is 5.75 Å². The first-order chi connectivity index (χ1) is 10.2. The SMILES string of the molecule is CC(CO)NC(=O)NCc1ccccc1OC1CCCC1. The van der Waals surface area contributed by atoms with Gasteiger partial charge in [0.25, 0.3) is 0 Å². The van der Waals surface area contributed by atoms with Crippen LogP contribution in [-0.2, 0) is 6.54 Å². The number of benzene rings is 1. The van der Waals surface area contributed by atoms with Gasteiger partial charge in [-0.05, 0) is 38.7 Å². The van der Waals surface area contributed by atoms with Gasteiger partial charge in [-0.1, -0.05) is 18.2 Å². The minimum atomic E-state index is -0.285. The third-order valence-electron chi connectivity index (χ3n) is 3.66. The van der Waals surface area contributed by atoms with E-state index in [1.807, 2.05) is 24.3 Å². The fourth-order valence-corrected chi connectivity index (χ4v) is 2.45. The summed E-state index contributed by atoms with van der Waals surface area (Å²) in [5.74, 6) is 0.847. The standard InChI is InChI=1S/C16H24N2O3/c1-12(11-19)18-16(20)17-10-13-6-2-5-9-15(13)21-14-7-3-4-8-14/h2,5-6,9,12,14,19H,3-4,7-8,10-11H2,1H3,(H2,17,18,20). The highest BCUT2D eigenvalue weighted by molar-refractivity contribution is 5.74. The summed E-state index contributed by atoms with van der Waals surface area (Å²) < 4.78 is 6.03. The van der Waals surface area contributed by atoms with E-state index < -0.39 is 0 Å². The van der Waals surface area contributed by atoms with E-state index in [9.17, 15) is 4.79 Å². The Bertz CT molecular complexity index is 459. The molecular formula is C16H24N2O3. The third kappa shape index (κ3) is 4.93. The molecule has 21 heavy (non-hydrogen) atoms. The zero-order valence-electron chi connectivity index (χ0n) is 12.5. The topological polar surface area (TPSA) is 70.6 Å². The molecule has 0 aromatic heterocycles. The molecule has 0 heterocycles. The molecule has 0 radical (unpaired) electrons. The Labute approximate surface area is 125 Å². The van der Waals surface area contributed by atoms with Crippen LogP contribution in [0.3, 0.4) is 0 Å². The number of amides is 2. The summed E-state index contributed by atoms with van der Waals surface area (Å²) in [4.78, 5) is 11.7. The molecule has 2 amide bonds. The van der Waals surface area contributed by atoms with Crippen molar-refractivity contribution in [2.24, 2.45) is 0 Å². The number of carbonyl (C=O) groups is 1. The van der Waals surface area contributed by atoms with E-state index in [1.165, 1.54) is 12.8 Å². The molecule has 0 saturated heterocycles. The van der Waals surface area contributed by atoms with E-state index in [0.717, 1.165) is 24.2 Å². The Morgan fingerprint density at radius 2 is 2.10 bits per heavy atom. The molecule has 1 atom stereocenters. The van der Waals surface area contributed by atoms with Gasteiger partial charge >= 0.3 is 6.03 Å². The predicted octanol–water partition coefficient (Wildman–Crippen LogP) is 2.19. The summed E-state index contributed by atoms with van der Waals surface area (Å²) in [6, 6.07) is 7.25. The number of carbonyl (C=O) groups excluding carboxylic acids is 1.